The Morgan fingerprint density at radius 2 is 1.77 bits per heavy atom. The van der Waals surface area contributed by atoms with E-state index < -0.39 is 0 Å². The molecule has 3 N–H and O–H groups in total. The van der Waals surface area contributed by atoms with Gasteiger partial charge >= 0.3 is 6.03 Å². The van der Waals surface area contributed by atoms with Gasteiger partial charge in [-0.25, -0.2) is 4.79 Å². The Balaban J connectivity index is 1.60. The summed E-state index contributed by atoms with van der Waals surface area (Å²) in [5.74, 6) is 1.13. The number of urea groups is 1. The SMILES string of the molecule is CNC(=O)Nc1ccc(NC(=O)C2COc3cc(OC)ccc3C2)cc1. The largest absolute Gasteiger partial charge is 0.497 e. The van der Waals surface area contributed by atoms with Crippen LogP contribution in [0.15, 0.2) is 42.5 Å². The van der Waals surface area contributed by atoms with Crippen molar-refractivity contribution < 1.29 is 19.1 Å². The third-order valence-electron chi connectivity index (χ3n) is 4.19. The van der Waals surface area contributed by atoms with E-state index in [1.165, 1.54) is 0 Å². The van der Waals surface area contributed by atoms with E-state index in [1.807, 2.05) is 18.2 Å². The van der Waals surface area contributed by atoms with Crippen LogP contribution in [0.4, 0.5) is 16.2 Å². The second-order valence-corrected chi connectivity index (χ2v) is 5.96. The number of hydrogen-bond donors (Lipinski definition) is 3. The maximum absolute atomic E-state index is 12.5. The fraction of sp³-hybridized carbons (Fsp3) is 0.263. The van der Waals surface area contributed by atoms with Crippen LogP contribution >= 0.6 is 0 Å². The molecular formula is C19H21N3O4. The number of benzene rings is 2. The van der Waals surface area contributed by atoms with Crippen molar-refractivity contribution in [2.75, 3.05) is 31.4 Å². The molecule has 7 nitrogen and oxygen atoms in total. The van der Waals surface area contributed by atoms with Crippen molar-refractivity contribution in [3.63, 3.8) is 0 Å². The van der Waals surface area contributed by atoms with Crippen molar-refractivity contribution in [1.82, 2.24) is 5.32 Å². The maximum atomic E-state index is 12.5. The minimum atomic E-state index is -0.295. The molecule has 2 aromatic rings. The average molecular weight is 355 g/mol. The number of amides is 3. The first-order valence-electron chi connectivity index (χ1n) is 8.28. The van der Waals surface area contributed by atoms with Crippen LogP contribution in [0, 0.1) is 5.92 Å². The summed E-state index contributed by atoms with van der Waals surface area (Å²) >= 11 is 0. The zero-order valence-corrected chi connectivity index (χ0v) is 14.7. The molecule has 3 amide bonds. The van der Waals surface area contributed by atoms with Crippen LogP contribution in [0.3, 0.4) is 0 Å². The Bertz CT molecular complexity index is 805. The van der Waals surface area contributed by atoms with E-state index in [4.69, 9.17) is 9.47 Å². The van der Waals surface area contributed by atoms with Gasteiger partial charge in [-0.3, -0.25) is 4.79 Å². The summed E-state index contributed by atoms with van der Waals surface area (Å²) in [4.78, 5) is 23.8. The second kappa shape index (κ2) is 7.77. The van der Waals surface area contributed by atoms with Gasteiger partial charge in [-0.05, 0) is 42.3 Å². The van der Waals surface area contributed by atoms with Gasteiger partial charge in [-0.2, -0.15) is 0 Å². The maximum Gasteiger partial charge on any atom is 0.318 e. The van der Waals surface area contributed by atoms with Crippen LogP contribution in [0.25, 0.3) is 0 Å². The van der Waals surface area contributed by atoms with Crippen molar-refractivity contribution >= 4 is 23.3 Å². The van der Waals surface area contributed by atoms with E-state index in [9.17, 15) is 9.59 Å². The Kier molecular flexibility index (Phi) is 5.26. The molecule has 136 valence electrons. The summed E-state index contributed by atoms with van der Waals surface area (Å²) in [5, 5.41) is 8.03. The molecule has 3 rings (SSSR count). The summed E-state index contributed by atoms with van der Waals surface area (Å²) in [6, 6.07) is 12.3. The van der Waals surface area contributed by atoms with Crippen molar-refractivity contribution in [2.45, 2.75) is 6.42 Å². The molecule has 7 heteroatoms. The number of ether oxygens (including phenoxy) is 2. The number of rotatable bonds is 4. The van der Waals surface area contributed by atoms with Gasteiger partial charge in [-0.15, -0.1) is 0 Å². The van der Waals surface area contributed by atoms with Crippen molar-refractivity contribution in [1.29, 1.82) is 0 Å². The van der Waals surface area contributed by atoms with Gasteiger partial charge in [0.15, 0.2) is 0 Å². The molecule has 0 saturated carbocycles. The molecule has 1 heterocycles. The number of fused-ring (bicyclic) bond motifs is 1. The van der Waals surface area contributed by atoms with E-state index in [0.29, 0.717) is 24.4 Å². The number of hydrogen-bond acceptors (Lipinski definition) is 4. The molecule has 0 aliphatic carbocycles. The minimum absolute atomic E-state index is 0.0986. The highest BCUT2D eigenvalue weighted by Gasteiger charge is 2.26. The lowest BCUT2D eigenvalue weighted by Gasteiger charge is -2.25. The predicted octanol–water partition coefficient (Wildman–Crippen LogP) is 2.64. The summed E-state index contributed by atoms with van der Waals surface area (Å²) in [7, 11) is 3.15. The first-order valence-corrected chi connectivity index (χ1v) is 8.28. The Morgan fingerprint density at radius 1 is 1.08 bits per heavy atom. The molecular weight excluding hydrogens is 334 g/mol. The number of carbonyl (C=O) groups excluding carboxylic acids is 2. The van der Waals surface area contributed by atoms with Crippen LogP contribution in [0.1, 0.15) is 5.56 Å². The first kappa shape index (κ1) is 17.6. The van der Waals surface area contributed by atoms with Crippen LogP contribution in [0.2, 0.25) is 0 Å². The van der Waals surface area contributed by atoms with Crippen LogP contribution < -0.4 is 25.4 Å². The molecule has 1 aliphatic rings. The first-order chi connectivity index (χ1) is 12.6. The fourth-order valence-electron chi connectivity index (χ4n) is 2.72. The lowest BCUT2D eigenvalue weighted by atomic mass is 9.96. The Morgan fingerprint density at radius 3 is 2.42 bits per heavy atom. The van der Waals surface area contributed by atoms with Gasteiger partial charge < -0.3 is 25.4 Å². The average Bonchev–Trinajstić information content (AvgIpc) is 2.68. The monoisotopic (exact) mass is 355 g/mol. The van der Waals surface area contributed by atoms with Gasteiger partial charge in [-0.1, -0.05) is 6.07 Å². The molecule has 2 aromatic carbocycles. The second-order valence-electron chi connectivity index (χ2n) is 5.96. The van der Waals surface area contributed by atoms with E-state index >= 15 is 0 Å². The van der Waals surface area contributed by atoms with Gasteiger partial charge in [0, 0.05) is 24.5 Å². The van der Waals surface area contributed by atoms with E-state index in [2.05, 4.69) is 16.0 Å². The molecule has 1 atom stereocenters. The topological polar surface area (TPSA) is 88.7 Å². The number of carbonyl (C=O) groups is 2. The van der Waals surface area contributed by atoms with Gasteiger partial charge in [0.1, 0.15) is 18.1 Å². The molecule has 0 fully saturated rings. The summed E-state index contributed by atoms with van der Waals surface area (Å²) in [6.45, 7) is 0.322. The smallest absolute Gasteiger partial charge is 0.318 e. The molecule has 0 aromatic heterocycles. The van der Waals surface area contributed by atoms with Crippen LogP contribution in [-0.4, -0.2) is 32.7 Å². The molecule has 0 bridgehead atoms. The zero-order chi connectivity index (χ0) is 18.5. The molecule has 0 radical (unpaired) electrons. The van der Waals surface area contributed by atoms with Gasteiger partial charge in [0.2, 0.25) is 5.91 Å². The quantitative estimate of drug-likeness (QED) is 0.787. The van der Waals surface area contributed by atoms with Crippen LogP contribution in [0.5, 0.6) is 11.5 Å². The summed E-state index contributed by atoms with van der Waals surface area (Å²) in [5.41, 5.74) is 2.30. The minimum Gasteiger partial charge on any atom is -0.497 e. The molecule has 0 saturated heterocycles. The third-order valence-corrected chi connectivity index (χ3v) is 4.19. The van der Waals surface area contributed by atoms with Gasteiger partial charge in [0.25, 0.3) is 0 Å². The van der Waals surface area contributed by atoms with Gasteiger partial charge in [0.05, 0.1) is 13.0 Å². The van der Waals surface area contributed by atoms with E-state index in [1.54, 1.807) is 38.4 Å². The predicted molar refractivity (Wildman–Crippen MR) is 98.8 cm³/mol. The highest BCUT2D eigenvalue weighted by Crippen LogP contribution is 2.31. The Labute approximate surface area is 151 Å². The van der Waals surface area contributed by atoms with Crippen molar-refractivity contribution in [3.8, 4) is 11.5 Å². The lowest BCUT2D eigenvalue weighted by molar-refractivity contribution is -0.121. The molecule has 0 spiro atoms. The normalized spacial score (nSPS) is 15.2. The fourth-order valence-corrected chi connectivity index (χ4v) is 2.72. The third kappa shape index (κ3) is 4.05. The van der Waals surface area contributed by atoms with Crippen LogP contribution in [-0.2, 0) is 11.2 Å². The number of methoxy groups -OCH3 is 1. The molecule has 26 heavy (non-hydrogen) atoms. The summed E-state index contributed by atoms with van der Waals surface area (Å²) in [6.07, 6.45) is 0.613. The molecule has 1 aliphatic heterocycles. The van der Waals surface area contributed by atoms with E-state index in [-0.39, 0.29) is 17.9 Å². The van der Waals surface area contributed by atoms with E-state index in [0.717, 1.165) is 17.1 Å². The zero-order valence-electron chi connectivity index (χ0n) is 14.7. The number of anilines is 2. The number of nitrogens with one attached hydrogen (secondary N) is 3. The highest BCUT2D eigenvalue weighted by atomic mass is 16.5. The molecule has 1 unspecified atom stereocenters. The summed E-state index contributed by atoms with van der Waals surface area (Å²) < 4.78 is 10.9. The standard InChI is InChI=1S/C19H21N3O4/c1-20-19(24)22-15-6-4-14(5-7-15)21-18(23)13-9-12-3-8-16(25-2)10-17(12)26-11-13/h3-8,10,13H,9,11H2,1-2H3,(H,21,23)(H2,20,22,24). The Hall–Kier alpha value is -3.22. The van der Waals surface area contributed by atoms with Crippen molar-refractivity contribution in [2.24, 2.45) is 5.92 Å². The van der Waals surface area contributed by atoms with Crippen molar-refractivity contribution in [3.05, 3.63) is 48.0 Å². The lowest BCUT2D eigenvalue weighted by Crippen LogP contribution is -2.32. The highest BCUT2D eigenvalue weighted by molar-refractivity contribution is 5.94.